The minimum Gasteiger partial charge on any atom is -0.480 e. The summed E-state index contributed by atoms with van der Waals surface area (Å²) in [6.07, 6.45) is 2.75. The molecule has 2 bridgehead atoms. The molecule has 3 aromatic carbocycles. The van der Waals surface area contributed by atoms with Gasteiger partial charge >= 0.3 is 12.0 Å². The molecule has 2 aliphatic heterocycles. The third-order valence-electron chi connectivity index (χ3n) is 7.13. The van der Waals surface area contributed by atoms with Crippen molar-refractivity contribution in [2.24, 2.45) is 5.92 Å². The van der Waals surface area contributed by atoms with Crippen LogP contribution in [-0.4, -0.2) is 40.2 Å². The molecule has 0 radical (unpaired) electrons. The summed E-state index contributed by atoms with van der Waals surface area (Å²) in [6.45, 7) is 0.483. The summed E-state index contributed by atoms with van der Waals surface area (Å²) < 4.78 is 6.27. The lowest BCUT2D eigenvalue weighted by Crippen LogP contribution is -2.58. The molecule has 6 nitrogen and oxygen atoms in total. The monoisotopic (exact) mass is 470 g/mol. The molecule has 6 rings (SSSR count). The molecular formula is C29H30N2O4. The van der Waals surface area contributed by atoms with Crippen LogP contribution in [0, 0.1) is 5.92 Å². The molecule has 3 unspecified atom stereocenters. The van der Waals surface area contributed by atoms with Gasteiger partial charge in [-0.3, -0.25) is 4.90 Å². The van der Waals surface area contributed by atoms with Crippen LogP contribution in [0.25, 0.3) is 0 Å². The van der Waals surface area contributed by atoms with Gasteiger partial charge in [0.15, 0.2) is 0 Å². The Balaban J connectivity index is 1.45. The molecule has 3 fully saturated rings. The number of carboxylic acid groups (broad SMARTS) is 1. The molecule has 1 aliphatic carbocycles. The zero-order chi connectivity index (χ0) is 24.2. The van der Waals surface area contributed by atoms with Gasteiger partial charge in [0.05, 0.1) is 24.1 Å². The molecule has 4 atom stereocenters. The normalized spacial score (nSPS) is 23.5. The summed E-state index contributed by atoms with van der Waals surface area (Å²) in [6, 6.07) is 27.5. The Morgan fingerprint density at radius 3 is 1.97 bits per heavy atom. The fraction of sp³-hybridized carbons (Fsp3) is 0.310. The SMILES string of the molecule is O=C(O)[C@@H]1C2CCC(CC(OCc3ccccc3)C2)N1C(=O)N(c1ccccc1)c1ccccc1. The van der Waals surface area contributed by atoms with E-state index in [-0.39, 0.29) is 24.1 Å². The first-order valence-corrected chi connectivity index (χ1v) is 12.2. The van der Waals surface area contributed by atoms with Gasteiger partial charge in [-0.2, -0.15) is 0 Å². The average Bonchev–Trinajstić information content (AvgIpc) is 3.19. The second-order valence-electron chi connectivity index (χ2n) is 9.36. The molecule has 0 aromatic heterocycles. The van der Waals surface area contributed by atoms with Gasteiger partial charge in [0.2, 0.25) is 0 Å². The Morgan fingerprint density at radius 2 is 1.40 bits per heavy atom. The topological polar surface area (TPSA) is 70.1 Å². The molecule has 0 spiro atoms. The van der Waals surface area contributed by atoms with E-state index in [2.05, 4.69) is 0 Å². The van der Waals surface area contributed by atoms with Gasteiger partial charge in [0, 0.05) is 6.04 Å². The van der Waals surface area contributed by atoms with Crippen LogP contribution in [0.5, 0.6) is 0 Å². The van der Waals surface area contributed by atoms with Gasteiger partial charge in [0.1, 0.15) is 6.04 Å². The number of piperidine rings is 1. The fourth-order valence-corrected chi connectivity index (χ4v) is 5.53. The molecule has 6 heteroatoms. The molecule has 35 heavy (non-hydrogen) atoms. The Bertz CT molecular complexity index is 1100. The first-order chi connectivity index (χ1) is 17.1. The number of hydrogen-bond donors (Lipinski definition) is 1. The molecule has 2 heterocycles. The molecule has 1 N–H and O–H groups in total. The van der Waals surface area contributed by atoms with Crippen molar-refractivity contribution in [3.63, 3.8) is 0 Å². The largest absolute Gasteiger partial charge is 0.480 e. The zero-order valence-corrected chi connectivity index (χ0v) is 19.6. The number of carbonyl (C=O) groups is 2. The standard InChI is InChI=1S/C29H30N2O4/c32-28(33)27-22-16-17-25(19-26(18-22)35-20-21-10-4-1-5-11-21)31(27)29(34)30(23-12-6-2-7-13-23)24-14-8-3-9-15-24/h1-15,22,25-27H,16-20H2,(H,32,33)/t22?,25?,26?,27-/m0/s1. The minimum absolute atomic E-state index is 0.0887. The van der Waals surface area contributed by atoms with E-state index in [0.717, 1.165) is 18.4 Å². The smallest absolute Gasteiger partial charge is 0.330 e. The molecule has 2 amide bonds. The van der Waals surface area contributed by atoms with Gasteiger partial charge in [-0.15, -0.1) is 0 Å². The van der Waals surface area contributed by atoms with Crippen LogP contribution in [0.3, 0.4) is 0 Å². The number of aliphatic carboxylic acids is 1. The molecule has 180 valence electrons. The van der Waals surface area contributed by atoms with Crippen LogP contribution >= 0.6 is 0 Å². The van der Waals surface area contributed by atoms with Crippen molar-refractivity contribution in [2.45, 2.75) is 50.5 Å². The van der Waals surface area contributed by atoms with E-state index in [4.69, 9.17) is 4.74 Å². The number of amides is 2. The van der Waals surface area contributed by atoms with Gasteiger partial charge in [0.25, 0.3) is 0 Å². The zero-order valence-electron chi connectivity index (χ0n) is 19.6. The Labute approximate surface area is 205 Å². The van der Waals surface area contributed by atoms with Crippen molar-refractivity contribution >= 4 is 23.4 Å². The number of benzene rings is 3. The highest BCUT2D eigenvalue weighted by Crippen LogP contribution is 2.41. The maximum absolute atomic E-state index is 14.2. The van der Waals surface area contributed by atoms with Gasteiger partial charge in [-0.25, -0.2) is 9.59 Å². The Morgan fingerprint density at radius 1 is 0.829 bits per heavy atom. The quantitative estimate of drug-likeness (QED) is 0.490. The molecule has 3 aromatic rings. The lowest BCUT2D eigenvalue weighted by molar-refractivity contribution is -0.146. The summed E-state index contributed by atoms with van der Waals surface area (Å²) in [4.78, 5) is 30.0. The minimum atomic E-state index is -0.946. The van der Waals surface area contributed by atoms with Crippen molar-refractivity contribution in [1.29, 1.82) is 0 Å². The summed E-state index contributed by atoms with van der Waals surface area (Å²) in [5.74, 6) is -1.10. The van der Waals surface area contributed by atoms with E-state index in [0.29, 0.717) is 30.8 Å². The summed E-state index contributed by atoms with van der Waals surface area (Å²) >= 11 is 0. The van der Waals surface area contributed by atoms with Gasteiger partial charge in [-0.1, -0.05) is 66.7 Å². The number of carbonyl (C=O) groups excluding carboxylic acids is 1. The molecular weight excluding hydrogens is 440 g/mol. The number of nitrogens with zero attached hydrogens (tertiary/aromatic N) is 2. The lowest BCUT2D eigenvalue weighted by atomic mass is 9.86. The predicted octanol–water partition coefficient (Wildman–Crippen LogP) is 5.86. The van der Waals surface area contributed by atoms with Crippen LogP contribution < -0.4 is 4.90 Å². The number of rotatable bonds is 6. The fourth-order valence-electron chi connectivity index (χ4n) is 5.53. The van der Waals surface area contributed by atoms with Crippen molar-refractivity contribution in [3.8, 4) is 0 Å². The first kappa shape index (κ1) is 23.1. The second kappa shape index (κ2) is 10.3. The van der Waals surface area contributed by atoms with E-state index in [9.17, 15) is 14.7 Å². The molecule has 3 aliphatic rings. The number of carboxylic acids is 1. The molecule has 1 saturated carbocycles. The Kier molecular flexibility index (Phi) is 6.82. The number of hydrogen-bond acceptors (Lipinski definition) is 3. The van der Waals surface area contributed by atoms with E-state index < -0.39 is 12.0 Å². The third-order valence-corrected chi connectivity index (χ3v) is 7.13. The van der Waals surface area contributed by atoms with Gasteiger partial charge < -0.3 is 14.7 Å². The summed E-state index contributed by atoms with van der Waals surface area (Å²) in [7, 11) is 0. The van der Waals surface area contributed by atoms with Crippen LogP contribution in [0.2, 0.25) is 0 Å². The Hall–Kier alpha value is -3.64. The number of anilines is 2. The van der Waals surface area contributed by atoms with Crippen LogP contribution in [0.15, 0.2) is 91.0 Å². The maximum Gasteiger partial charge on any atom is 0.330 e. The van der Waals surface area contributed by atoms with Crippen molar-refractivity contribution in [2.75, 3.05) is 4.90 Å². The number of ether oxygens (including phenoxy) is 1. The third kappa shape index (κ3) is 4.93. The number of urea groups is 1. The summed E-state index contributed by atoms with van der Waals surface area (Å²) in [5.41, 5.74) is 2.51. The second-order valence-corrected chi connectivity index (χ2v) is 9.36. The van der Waals surface area contributed by atoms with Crippen LogP contribution in [-0.2, 0) is 16.1 Å². The highest BCUT2D eigenvalue weighted by molar-refractivity contribution is 6.01. The van der Waals surface area contributed by atoms with E-state index >= 15 is 0 Å². The van der Waals surface area contributed by atoms with Crippen molar-refractivity contribution < 1.29 is 19.4 Å². The average molecular weight is 471 g/mol. The highest BCUT2D eigenvalue weighted by atomic mass is 16.5. The van der Waals surface area contributed by atoms with Crippen molar-refractivity contribution in [3.05, 3.63) is 96.6 Å². The van der Waals surface area contributed by atoms with E-state index in [1.54, 1.807) is 9.80 Å². The van der Waals surface area contributed by atoms with Crippen LogP contribution in [0.1, 0.15) is 31.2 Å². The number of fused-ring (bicyclic) bond motifs is 4. The molecule has 2 saturated heterocycles. The maximum atomic E-state index is 14.2. The lowest BCUT2D eigenvalue weighted by Gasteiger charge is -2.43. The summed E-state index contributed by atoms with van der Waals surface area (Å²) in [5, 5.41) is 10.3. The van der Waals surface area contributed by atoms with E-state index in [1.807, 2.05) is 91.0 Å². The predicted molar refractivity (Wildman–Crippen MR) is 134 cm³/mol. The van der Waals surface area contributed by atoms with Crippen LogP contribution in [0.4, 0.5) is 16.2 Å². The van der Waals surface area contributed by atoms with E-state index in [1.165, 1.54) is 0 Å². The highest BCUT2D eigenvalue weighted by Gasteiger charge is 2.49. The number of para-hydroxylation sites is 2. The first-order valence-electron chi connectivity index (χ1n) is 12.2. The van der Waals surface area contributed by atoms with Crippen molar-refractivity contribution in [1.82, 2.24) is 4.90 Å². The van der Waals surface area contributed by atoms with Gasteiger partial charge in [-0.05, 0) is 61.4 Å².